The minimum Gasteiger partial charge on any atom is -0.368 e. The third kappa shape index (κ3) is 3.13. The van der Waals surface area contributed by atoms with Crippen LogP contribution in [0.3, 0.4) is 0 Å². The smallest absolute Gasteiger partial charge is 0.276 e. The van der Waals surface area contributed by atoms with E-state index in [4.69, 9.17) is 4.52 Å². The highest BCUT2D eigenvalue weighted by molar-refractivity contribution is 5.94. The number of piperazine rings is 1. The monoisotopic (exact) mass is 343 g/mol. The first-order valence-corrected chi connectivity index (χ1v) is 8.89. The molecule has 1 saturated heterocycles. The third-order valence-electron chi connectivity index (χ3n) is 5.25. The molecule has 2 aromatic rings. The molecule has 0 bridgehead atoms. The number of carbonyl (C=O) groups is 1. The second kappa shape index (κ2) is 6.50. The van der Waals surface area contributed by atoms with Crippen LogP contribution in [0.1, 0.15) is 35.2 Å². The van der Waals surface area contributed by atoms with Crippen molar-refractivity contribution in [1.29, 1.82) is 0 Å². The quantitative estimate of drug-likeness (QED) is 0.841. The number of benzene rings is 1. The van der Waals surface area contributed by atoms with Crippen molar-refractivity contribution in [2.45, 2.75) is 26.2 Å². The number of nitrogens with zero attached hydrogens (tertiary/aromatic N) is 3. The number of aromatic nitrogens is 1. The molecule has 0 spiro atoms. The molecule has 25 heavy (non-hydrogen) atoms. The van der Waals surface area contributed by atoms with Crippen molar-refractivity contribution >= 4 is 11.6 Å². The standard InChI is InChI=1S/C19H22FN3O2/c1-13-2-7-17-16(12-13)18(21-25-17)19(24)23-10-8-22(9-11-23)15-5-3-14(20)4-6-15/h3-6,13H,2,7-12H2,1H3/t13-/m0/s1. The topological polar surface area (TPSA) is 49.6 Å². The summed E-state index contributed by atoms with van der Waals surface area (Å²) in [7, 11) is 0. The number of rotatable bonds is 2. The molecule has 4 rings (SSSR count). The summed E-state index contributed by atoms with van der Waals surface area (Å²) in [5, 5.41) is 4.07. The van der Waals surface area contributed by atoms with Crippen LogP contribution in [0, 0.1) is 11.7 Å². The van der Waals surface area contributed by atoms with Gasteiger partial charge in [0.05, 0.1) is 0 Å². The first-order chi connectivity index (χ1) is 12.1. The van der Waals surface area contributed by atoms with Crippen LogP contribution < -0.4 is 4.90 Å². The maximum Gasteiger partial charge on any atom is 0.276 e. The molecule has 2 heterocycles. The van der Waals surface area contributed by atoms with E-state index < -0.39 is 0 Å². The molecule has 5 nitrogen and oxygen atoms in total. The molecule has 1 atom stereocenters. The summed E-state index contributed by atoms with van der Waals surface area (Å²) in [4.78, 5) is 16.9. The summed E-state index contributed by atoms with van der Waals surface area (Å²) in [6.45, 7) is 4.92. The molecule has 1 aromatic heterocycles. The van der Waals surface area contributed by atoms with Gasteiger partial charge in [0.2, 0.25) is 0 Å². The Hall–Kier alpha value is -2.37. The molecule has 0 radical (unpaired) electrons. The molecule has 1 aromatic carbocycles. The Morgan fingerprint density at radius 1 is 1.20 bits per heavy atom. The zero-order valence-corrected chi connectivity index (χ0v) is 14.4. The van der Waals surface area contributed by atoms with Crippen molar-refractivity contribution in [3.63, 3.8) is 0 Å². The van der Waals surface area contributed by atoms with Crippen molar-refractivity contribution in [2.24, 2.45) is 5.92 Å². The number of aryl methyl sites for hydroxylation is 1. The van der Waals surface area contributed by atoms with Gasteiger partial charge < -0.3 is 14.3 Å². The Morgan fingerprint density at radius 3 is 2.64 bits per heavy atom. The van der Waals surface area contributed by atoms with Crippen LogP contribution in [-0.2, 0) is 12.8 Å². The fraction of sp³-hybridized carbons (Fsp3) is 0.474. The summed E-state index contributed by atoms with van der Waals surface area (Å²) in [6.07, 6.45) is 2.83. The molecule has 1 fully saturated rings. The molecule has 0 unspecified atom stereocenters. The largest absolute Gasteiger partial charge is 0.368 e. The predicted molar refractivity (Wildman–Crippen MR) is 92.2 cm³/mol. The van der Waals surface area contributed by atoms with Crippen molar-refractivity contribution in [2.75, 3.05) is 31.1 Å². The molecule has 0 saturated carbocycles. The van der Waals surface area contributed by atoms with E-state index in [1.807, 2.05) is 4.90 Å². The van der Waals surface area contributed by atoms with Crippen LogP contribution in [0.15, 0.2) is 28.8 Å². The van der Waals surface area contributed by atoms with Gasteiger partial charge in [-0.1, -0.05) is 12.1 Å². The number of amides is 1. The second-order valence-electron chi connectivity index (χ2n) is 7.04. The highest BCUT2D eigenvalue weighted by Crippen LogP contribution is 2.29. The lowest BCUT2D eigenvalue weighted by molar-refractivity contribution is 0.0735. The fourth-order valence-corrected chi connectivity index (χ4v) is 3.72. The number of hydrogen-bond acceptors (Lipinski definition) is 4. The molecule has 1 aliphatic carbocycles. The highest BCUT2D eigenvalue weighted by Gasteiger charge is 2.31. The van der Waals surface area contributed by atoms with Gasteiger partial charge in [-0.3, -0.25) is 4.79 Å². The van der Waals surface area contributed by atoms with E-state index in [0.717, 1.165) is 49.4 Å². The Balaban J connectivity index is 1.43. The van der Waals surface area contributed by atoms with Gasteiger partial charge >= 0.3 is 0 Å². The lowest BCUT2D eigenvalue weighted by Crippen LogP contribution is -2.49. The van der Waals surface area contributed by atoms with E-state index in [1.54, 1.807) is 12.1 Å². The van der Waals surface area contributed by atoms with Gasteiger partial charge in [0, 0.05) is 43.9 Å². The Bertz CT molecular complexity index is 763. The van der Waals surface area contributed by atoms with E-state index in [1.165, 1.54) is 12.1 Å². The minimum absolute atomic E-state index is 0.0298. The molecule has 6 heteroatoms. The maximum atomic E-state index is 13.1. The Labute approximate surface area is 146 Å². The van der Waals surface area contributed by atoms with E-state index in [2.05, 4.69) is 17.0 Å². The lowest BCUT2D eigenvalue weighted by atomic mass is 9.88. The first-order valence-electron chi connectivity index (χ1n) is 8.89. The SMILES string of the molecule is C[C@H]1CCc2onc(C(=O)N3CCN(c4ccc(F)cc4)CC3)c2C1. The zero-order chi connectivity index (χ0) is 17.4. The normalized spacial score (nSPS) is 20.5. The van der Waals surface area contributed by atoms with Gasteiger partial charge in [0.15, 0.2) is 5.69 Å². The maximum absolute atomic E-state index is 13.1. The molecule has 132 valence electrons. The molecular weight excluding hydrogens is 321 g/mol. The molecule has 1 amide bonds. The van der Waals surface area contributed by atoms with Gasteiger partial charge in [-0.05, 0) is 43.0 Å². The summed E-state index contributed by atoms with van der Waals surface area (Å²) < 4.78 is 18.5. The van der Waals surface area contributed by atoms with Gasteiger partial charge in [-0.2, -0.15) is 0 Å². The van der Waals surface area contributed by atoms with Crippen molar-refractivity contribution in [3.05, 3.63) is 47.1 Å². The van der Waals surface area contributed by atoms with Crippen LogP contribution >= 0.6 is 0 Å². The summed E-state index contributed by atoms with van der Waals surface area (Å²) in [6, 6.07) is 6.50. The minimum atomic E-state index is -0.234. The predicted octanol–water partition coefficient (Wildman–Crippen LogP) is 2.90. The summed E-state index contributed by atoms with van der Waals surface area (Å²) in [5.41, 5.74) is 2.49. The average Bonchev–Trinajstić information content (AvgIpc) is 3.05. The van der Waals surface area contributed by atoms with Crippen LogP contribution in [0.2, 0.25) is 0 Å². The lowest BCUT2D eigenvalue weighted by Gasteiger charge is -2.36. The number of fused-ring (bicyclic) bond motifs is 1. The van der Waals surface area contributed by atoms with Gasteiger partial charge in [-0.15, -0.1) is 0 Å². The zero-order valence-electron chi connectivity index (χ0n) is 14.4. The second-order valence-corrected chi connectivity index (χ2v) is 7.04. The number of hydrogen-bond donors (Lipinski definition) is 0. The molecule has 2 aliphatic rings. The van der Waals surface area contributed by atoms with Crippen molar-refractivity contribution < 1.29 is 13.7 Å². The van der Waals surface area contributed by atoms with E-state index in [9.17, 15) is 9.18 Å². The first kappa shape index (κ1) is 16.1. The van der Waals surface area contributed by atoms with Crippen LogP contribution in [-0.4, -0.2) is 42.1 Å². The number of halogens is 1. The number of anilines is 1. The highest BCUT2D eigenvalue weighted by atomic mass is 19.1. The Morgan fingerprint density at radius 2 is 1.92 bits per heavy atom. The fourth-order valence-electron chi connectivity index (χ4n) is 3.72. The average molecular weight is 343 g/mol. The summed E-state index contributed by atoms with van der Waals surface area (Å²) in [5.74, 6) is 1.18. The van der Waals surface area contributed by atoms with Crippen LogP contribution in [0.5, 0.6) is 0 Å². The van der Waals surface area contributed by atoms with E-state index in [0.29, 0.717) is 24.7 Å². The van der Waals surface area contributed by atoms with E-state index >= 15 is 0 Å². The van der Waals surface area contributed by atoms with Crippen molar-refractivity contribution in [3.8, 4) is 0 Å². The summed E-state index contributed by atoms with van der Waals surface area (Å²) >= 11 is 0. The Kier molecular flexibility index (Phi) is 4.19. The number of carbonyl (C=O) groups excluding carboxylic acids is 1. The van der Waals surface area contributed by atoms with Gasteiger partial charge in [-0.25, -0.2) is 4.39 Å². The third-order valence-corrected chi connectivity index (χ3v) is 5.25. The van der Waals surface area contributed by atoms with Crippen LogP contribution in [0.25, 0.3) is 0 Å². The van der Waals surface area contributed by atoms with Gasteiger partial charge in [0.1, 0.15) is 11.6 Å². The van der Waals surface area contributed by atoms with E-state index in [-0.39, 0.29) is 11.7 Å². The van der Waals surface area contributed by atoms with Crippen molar-refractivity contribution in [1.82, 2.24) is 10.1 Å². The molecule has 0 N–H and O–H groups in total. The van der Waals surface area contributed by atoms with Gasteiger partial charge in [0.25, 0.3) is 5.91 Å². The van der Waals surface area contributed by atoms with Crippen LogP contribution in [0.4, 0.5) is 10.1 Å². The molecular formula is C19H22FN3O2. The molecule has 1 aliphatic heterocycles.